The Morgan fingerprint density at radius 2 is 2.14 bits per heavy atom. The van der Waals surface area contributed by atoms with Crippen LogP contribution in [0.4, 0.5) is 0 Å². The van der Waals surface area contributed by atoms with Gasteiger partial charge in [-0.05, 0) is 43.0 Å². The zero-order valence-electron chi connectivity index (χ0n) is 12.4. The Morgan fingerprint density at radius 3 is 2.81 bits per heavy atom. The molecule has 1 N–H and O–H groups in total. The van der Waals surface area contributed by atoms with Crippen LogP contribution in [0.25, 0.3) is 16.3 Å². The Hall–Kier alpha value is -1.58. The van der Waals surface area contributed by atoms with E-state index in [0.29, 0.717) is 10.4 Å². The Labute approximate surface area is 129 Å². The van der Waals surface area contributed by atoms with Crippen LogP contribution in [0.2, 0.25) is 5.02 Å². The second-order valence-corrected chi connectivity index (χ2v) is 5.95. The molecule has 1 aliphatic rings. The molecule has 2 heterocycles. The van der Waals surface area contributed by atoms with Gasteiger partial charge in [0.05, 0.1) is 0 Å². The Bertz CT molecular complexity index is 776. The summed E-state index contributed by atoms with van der Waals surface area (Å²) in [5.41, 5.74) is 3.35. The molecule has 0 amide bonds. The molecule has 0 saturated carbocycles. The highest BCUT2D eigenvalue weighted by atomic mass is 35.5. The average molecular weight is 303 g/mol. The predicted molar refractivity (Wildman–Crippen MR) is 89.0 cm³/mol. The number of aromatic nitrogens is 1. The molecule has 1 aromatic heterocycles. The van der Waals surface area contributed by atoms with Crippen molar-refractivity contribution in [1.82, 2.24) is 9.88 Å². The molecule has 0 unspecified atom stereocenters. The molecule has 110 valence electrons. The highest BCUT2D eigenvalue weighted by molar-refractivity contribution is 6.31. The first-order chi connectivity index (χ1) is 10.1. The number of likely N-dealkylation sites (N-methyl/N-ethyl adjacent to an activating group) is 1. The Morgan fingerprint density at radius 1 is 1.33 bits per heavy atom. The number of pyridine rings is 1. The number of H-pyrrole nitrogens is 1. The van der Waals surface area contributed by atoms with Gasteiger partial charge in [-0.15, -0.1) is 0 Å². The number of hydrogen-bond donors (Lipinski definition) is 1. The number of aryl methyl sites for hydroxylation is 1. The summed E-state index contributed by atoms with van der Waals surface area (Å²) in [4.78, 5) is 17.5. The lowest BCUT2D eigenvalue weighted by Crippen LogP contribution is -2.28. The quantitative estimate of drug-likeness (QED) is 0.920. The largest absolute Gasteiger partial charge is 0.325 e. The fourth-order valence-electron chi connectivity index (χ4n) is 3.06. The lowest BCUT2D eigenvalue weighted by Gasteiger charge is -2.26. The van der Waals surface area contributed by atoms with Crippen molar-refractivity contribution < 1.29 is 0 Å². The SMILES string of the molecule is CCN1CC=C(c2c(C)[nH]c(=O)c3cc(Cl)ccc23)CC1. The van der Waals surface area contributed by atoms with Gasteiger partial charge < -0.3 is 4.98 Å². The number of fused-ring (bicyclic) bond motifs is 1. The van der Waals surface area contributed by atoms with Gasteiger partial charge in [-0.2, -0.15) is 0 Å². The van der Waals surface area contributed by atoms with Gasteiger partial charge in [0, 0.05) is 34.8 Å². The summed E-state index contributed by atoms with van der Waals surface area (Å²) < 4.78 is 0. The third-order valence-corrected chi connectivity index (χ3v) is 4.47. The van der Waals surface area contributed by atoms with Gasteiger partial charge in [0.1, 0.15) is 0 Å². The van der Waals surface area contributed by atoms with Gasteiger partial charge in [-0.3, -0.25) is 9.69 Å². The van der Waals surface area contributed by atoms with Crippen LogP contribution in [0.3, 0.4) is 0 Å². The van der Waals surface area contributed by atoms with Crippen molar-refractivity contribution in [3.05, 3.63) is 50.9 Å². The van der Waals surface area contributed by atoms with Crippen LogP contribution in [-0.2, 0) is 0 Å². The number of benzene rings is 1. The molecule has 2 aromatic rings. The molecule has 4 heteroatoms. The maximum atomic E-state index is 12.1. The number of nitrogens with zero attached hydrogens (tertiary/aromatic N) is 1. The molecule has 0 fully saturated rings. The number of nitrogens with one attached hydrogen (secondary N) is 1. The van der Waals surface area contributed by atoms with E-state index in [1.807, 2.05) is 19.1 Å². The molecule has 1 aromatic carbocycles. The van der Waals surface area contributed by atoms with Crippen LogP contribution in [0.5, 0.6) is 0 Å². The van der Waals surface area contributed by atoms with Gasteiger partial charge >= 0.3 is 0 Å². The van der Waals surface area contributed by atoms with E-state index in [-0.39, 0.29) is 5.56 Å². The summed E-state index contributed by atoms with van der Waals surface area (Å²) in [6, 6.07) is 5.57. The van der Waals surface area contributed by atoms with Crippen molar-refractivity contribution in [2.75, 3.05) is 19.6 Å². The van der Waals surface area contributed by atoms with E-state index in [0.717, 1.165) is 42.7 Å². The minimum absolute atomic E-state index is 0.0691. The molecule has 21 heavy (non-hydrogen) atoms. The molecule has 0 radical (unpaired) electrons. The molecule has 0 spiro atoms. The van der Waals surface area contributed by atoms with Crippen LogP contribution in [0.1, 0.15) is 24.6 Å². The van der Waals surface area contributed by atoms with E-state index < -0.39 is 0 Å². The first kappa shape index (κ1) is 14.4. The molecule has 3 rings (SSSR count). The van der Waals surface area contributed by atoms with Gasteiger partial charge in [-0.25, -0.2) is 0 Å². The summed E-state index contributed by atoms with van der Waals surface area (Å²) in [7, 11) is 0. The maximum absolute atomic E-state index is 12.1. The number of aromatic amines is 1. The third-order valence-electron chi connectivity index (χ3n) is 4.23. The van der Waals surface area contributed by atoms with Crippen LogP contribution in [0, 0.1) is 6.92 Å². The standard InChI is InChI=1S/C17H19ClN2O/c1-3-20-8-6-12(7-9-20)16-11(2)19-17(21)15-10-13(18)4-5-14(15)16/h4-6,10H,3,7-9H2,1-2H3,(H,19,21). The van der Waals surface area contributed by atoms with Crippen molar-refractivity contribution >= 4 is 27.9 Å². The van der Waals surface area contributed by atoms with Crippen LogP contribution >= 0.6 is 11.6 Å². The van der Waals surface area contributed by atoms with Crippen molar-refractivity contribution in [2.45, 2.75) is 20.3 Å². The van der Waals surface area contributed by atoms with Crippen LogP contribution < -0.4 is 5.56 Å². The summed E-state index contributed by atoms with van der Waals surface area (Å²) in [6.07, 6.45) is 3.29. The molecule has 0 bridgehead atoms. The van der Waals surface area contributed by atoms with E-state index in [9.17, 15) is 4.79 Å². The van der Waals surface area contributed by atoms with Crippen LogP contribution in [0.15, 0.2) is 29.1 Å². The van der Waals surface area contributed by atoms with Crippen LogP contribution in [-0.4, -0.2) is 29.5 Å². The topological polar surface area (TPSA) is 36.1 Å². The van der Waals surface area contributed by atoms with Gasteiger partial charge in [-0.1, -0.05) is 30.7 Å². The summed E-state index contributed by atoms with van der Waals surface area (Å²) in [6.45, 7) is 7.26. The fourth-order valence-corrected chi connectivity index (χ4v) is 3.24. The second kappa shape index (κ2) is 5.66. The maximum Gasteiger partial charge on any atom is 0.256 e. The second-order valence-electron chi connectivity index (χ2n) is 5.52. The summed E-state index contributed by atoms with van der Waals surface area (Å²) in [5.74, 6) is 0. The molecule has 0 saturated heterocycles. The monoisotopic (exact) mass is 302 g/mol. The minimum Gasteiger partial charge on any atom is -0.325 e. The number of hydrogen-bond acceptors (Lipinski definition) is 2. The van der Waals surface area contributed by atoms with E-state index in [4.69, 9.17) is 11.6 Å². The highest BCUT2D eigenvalue weighted by Gasteiger charge is 2.17. The van der Waals surface area contributed by atoms with Gasteiger partial charge in [0.2, 0.25) is 0 Å². The molecule has 1 aliphatic heterocycles. The Balaban J connectivity index is 2.19. The molecule has 0 atom stereocenters. The number of halogens is 1. The first-order valence-corrected chi connectivity index (χ1v) is 7.72. The van der Waals surface area contributed by atoms with E-state index in [1.165, 1.54) is 5.57 Å². The zero-order chi connectivity index (χ0) is 15.0. The summed E-state index contributed by atoms with van der Waals surface area (Å²) >= 11 is 6.03. The third kappa shape index (κ3) is 2.63. The highest BCUT2D eigenvalue weighted by Crippen LogP contribution is 2.30. The van der Waals surface area contributed by atoms with Gasteiger partial charge in [0.25, 0.3) is 5.56 Å². The van der Waals surface area contributed by atoms with E-state index in [2.05, 4.69) is 22.9 Å². The Kier molecular flexibility index (Phi) is 3.87. The van der Waals surface area contributed by atoms with Crippen molar-refractivity contribution in [3.63, 3.8) is 0 Å². The normalized spacial score (nSPS) is 16.2. The minimum atomic E-state index is -0.0691. The molecular formula is C17H19ClN2O. The van der Waals surface area contributed by atoms with E-state index >= 15 is 0 Å². The average Bonchev–Trinajstić information content (AvgIpc) is 2.48. The van der Waals surface area contributed by atoms with Gasteiger partial charge in [0.15, 0.2) is 0 Å². The lowest BCUT2D eigenvalue weighted by molar-refractivity contribution is 0.319. The van der Waals surface area contributed by atoms with Crippen molar-refractivity contribution in [2.24, 2.45) is 0 Å². The molecular weight excluding hydrogens is 284 g/mol. The lowest BCUT2D eigenvalue weighted by atomic mass is 9.93. The summed E-state index contributed by atoms with van der Waals surface area (Å²) in [5, 5.41) is 2.26. The zero-order valence-corrected chi connectivity index (χ0v) is 13.1. The molecule has 3 nitrogen and oxygen atoms in total. The first-order valence-electron chi connectivity index (χ1n) is 7.34. The van der Waals surface area contributed by atoms with Crippen molar-refractivity contribution in [3.8, 4) is 0 Å². The number of rotatable bonds is 2. The molecule has 0 aliphatic carbocycles. The van der Waals surface area contributed by atoms with Crippen molar-refractivity contribution in [1.29, 1.82) is 0 Å². The smallest absolute Gasteiger partial charge is 0.256 e. The predicted octanol–water partition coefficient (Wildman–Crippen LogP) is 3.60. The van der Waals surface area contributed by atoms with E-state index in [1.54, 1.807) is 6.07 Å². The fraction of sp³-hybridized carbons (Fsp3) is 0.353.